The van der Waals surface area contributed by atoms with Crippen molar-refractivity contribution in [3.8, 4) is 0 Å². The predicted octanol–water partition coefficient (Wildman–Crippen LogP) is 0.256. The highest BCUT2D eigenvalue weighted by molar-refractivity contribution is 7.45. The highest BCUT2D eigenvalue weighted by Gasteiger charge is 2.12. The lowest BCUT2D eigenvalue weighted by Crippen LogP contribution is -2.34. The van der Waals surface area contributed by atoms with Gasteiger partial charge in [-0.2, -0.15) is 0 Å². The van der Waals surface area contributed by atoms with Crippen LogP contribution in [0, 0.1) is 0 Å². The molecule has 0 spiro atoms. The molecule has 1 amide bonds. The van der Waals surface area contributed by atoms with Crippen molar-refractivity contribution >= 4 is 13.7 Å². The van der Waals surface area contributed by atoms with Crippen LogP contribution in [0.2, 0.25) is 0 Å². The number of hydrogen-bond donors (Lipinski definition) is 3. The molecule has 7 heteroatoms. The summed E-state index contributed by atoms with van der Waals surface area (Å²) < 4.78 is 8.88. The van der Waals surface area contributed by atoms with Gasteiger partial charge in [0, 0.05) is 13.1 Å². The summed E-state index contributed by atoms with van der Waals surface area (Å²) in [7, 11) is -4.64. The Labute approximate surface area is 88.5 Å². The van der Waals surface area contributed by atoms with E-state index in [1.54, 1.807) is 0 Å². The Hall–Kier alpha value is -0.680. The topological polar surface area (TPSA) is 98.1 Å². The van der Waals surface area contributed by atoms with Crippen molar-refractivity contribution in [3.63, 3.8) is 0 Å². The smallest absolute Gasteiger partial charge is 0.339 e. The highest BCUT2D eigenvalue weighted by Crippen LogP contribution is 2.25. The van der Waals surface area contributed by atoms with Gasteiger partial charge in [-0.15, -0.1) is 0 Å². The molecule has 0 aliphatic carbocycles. The molecule has 1 fully saturated rings. The third-order valence-electron chi connectivity index (χ3n) is 1.84. The Morgan fingerprint density at radius 3 is 1.93 bits per heavy atom. The maximum atomic E-state index is 11.0. The summed E-state index contributed by atoms with van der Waals surface area (Å²) in [5.41, 5.74) is 0. The second-order valence-electron chi connectivity index (χ2n) is 3.10. The molecule has 0 aromatic rings. The minimum Gasteiger partial charge on any atom is -0.339 e. The number of carbonyl (C=O) groups is 1. The second kappa shape index (κ2) is 6.74. The number of piperidine rings is 1. The average molecular weight is 237 g/mol. The van der Waals surface area contributed by atoms with Gasteiger partial charge in [0.15, 0.2) is 0 Å². The maximum Gasteiger partial charge on any atom is 0.466 e. The van der Waals surface area contributed by atoms with Gasteiger partial charge in [-0.05, 0) is 25.3 Å². The van der Waals surface area contributed by atoms with E-state index in [0.717, 1.165) is 25.9 Å². The Balaban J connectivity index is 0.000000336. The average Bonchev–Trinajstić information content (AvgIpc) is 2.15. The van der Waals surface area contributed by atoms with Gasteiger partial charge in [-0.25, -0.2) is 4.57 Å². The molecule has 15 heavy (non-hydrogen) atoms. The van der Waals surface area contributed by atoms with Gasteiger partial charge in [-0.1, -0.05) is 6.58 Å². The first kappa shape index (κ1) is 14.3. The van der Waals surface area contributed by atoms with Gasteiger partial charge < -0.3 is 19.6 Å². The predicted molar refractivity (Wildman–Crippen MR) is 54.9 cm³/mol. The SMILES string of the molecule is C=CC(=O)N1CCCCC1.O=P(O)(O)O. The van der Waals surface area contributed by atoms with Crippen LogP contribution in [0.15, 0.2) is 12.7 Å². The molecule has 1 aliphatic rings. The summed E-state index contributed by atoms with van der Waals surface area (Å²) in [6.45, 7) is 5.29. The molecule has 0 bridgehead atoms. The van der Waals surface area contributed by atoms with Crippen molar-refractivity contribution in [1.29, 1.82) is 0 Å². The summed E-state index contributed by atoms with van der Waals surface area (Å²) in [5.74, 6) is 0.0831. The van der Waals surface area contributed by atoms with E-state index in [1.165, 1.54) is 12.5 Å². The van der Waals surface area contributed by atoms with Crippen LogP contribution < -0.4 is 0 Å². The lowest BCUT2D eigenvalue weighted by atomic mass is 10.1. The number of amides is 1. The van der Waals surface area contributed by atoms with Crippen molar-refractivity contribution in [3.05, 3.63) is 12.7 Å². The van der Waals surface area contributed by atoms with Crippen molar-refractivity contribution < 1.29 is 24.0 Å². The fraction of sp³-hybridized carbons (Fsp3) is 0.625. The van der Waals surface area contributed by atoms with Gasteiger partial charge in [0.1, 0.15) is 0 Å². The van der Waals surface area contributed by atoms with Crippen LogP contribution in [0.1, 0.15) is 19.3 Å². The van der Waals surface area contributed by atoms with Gasteiger partial charge in [0.05, 0.1) is 0 Å². The first-order chi connectivity index (χ1) is 6.84. The lowest BCUT2D eigenvalue weighted by Gasteiger charge is -2.25. The second-order valence-corrected chi connectivity index (χ2v) is 4.13. The fourth-order valence-electron chi connectivity index (χ4n) is 1.24. The first-order valence-electron chi connectivity index (χ1n) is 4.54. The summed E-state index contributed by atoms with van der Waals surface area (Å²) in [6.07, 6.45) is 4.96. The largest absolute Gasteiger partial charge is 0.466 e. The first-order valence-corrected chi connectivity index (χ1v) is 6.10. The normalized spacial score (nSPS) is 16.3. The summed E-state index contributed by atoms with van der Waals surface area (Å²) >= 11 is 0. The lowest BCUT2D eigenvalue weighted by molar-refractivity contribution is -0.126. The van der Waals surface area contributed by atoms with Crippen molar-refractivity contribution in [2.24, 2.45) is 0 Å². The molecule has 0 aromatic heterocycles. The van der Waals surface area contributed by atoms with E-state index >= 15 is 0 Å². The monoisotopic (exact) mass is 237 g/mol. The minimum absolute atomic E-state index is 0.0831. The standard InChI is InChI=1S/C8H13NO.H3O4P/c1-2-8(10)9-6-4-3-5-7-9;1-5(2,3)4/h2H,1,3-7H2;(H3,1,2,3,4). The summed E-state index contributed by atoms with van der Waals surface area (Å²) in [6, 6.07) is 0. The molecule has 0 radical (unpaired) electrons. The van der Waals surface area contributed by atoms with E-state index in [4.69, 9.17) is 19.2 Å². The van der Waals surface area contributed by atoms with Crippen LogP contribution in [0.5, 0.6) is 0 Å². The zero-order chi connectivity index (χ0) is 11.9. The molecule has 6 nitrogen and oxygen atoms in total. The van der Waals surface area contributed by atoms with Crippen LogP contribution in [-0.2, 0) is 9.36 Å². The summed E-state index contributed by atoms with van der Waals surface area (Å²) in [5, 5.41) is 0. The van der Waals surface area contributed by atoms with Crippen LogP contribution in [0.3, 0.4) is 0 Å². The number of rotatable bonds is 1. The third-order valence-corrected chi connectivity index (χ3v) is 1.84. The zero-order valence-electron chi connectivity index (χ0n) is 8.37. The number of hydrogen-bond acceptors (Lipinski definition) is 2. The van der Waals surface area contributed by atoms with Gasteiger partial charge in [0.2, 0.25) is 5.91 Å². The third kappa shape index (κ3) is 9.62. The van der Waals surface area contributed by atoms with Crippen LogP contribution in [0.25, 0.3) is 0 Å². The Morgan fingerprint density at radius 1 is 1.20 bits per heavy atom. The van der Waals surface area contributed by atoms with Crippen LogP contribution in [0.4, 0.5) is 0 Å². The van der Waals surface area contributed by atoms with E-state index in [0.29, 0.717) is 0 Å². The molecule has 1 rings (SSSR count). The molecular formula is C8H16NO5P. The van der Waals surface area contributed by atoms with Gasteiger partial charge in [0.25, 0.3) is 0 Å². The van der Waals surface area contributed by atoms with E-state index in [-0.39, 0.29) is 5.91 Å². The molecule has 0 atom stereocenters. The van der Waals surface area contributed by atoms with Crippen LogP contribution >= 0.6 is 7.82 Å². The van der Waals surface area contributed by atoms with Gasteiger partial charge >= 0.3 is 7.82 Å². The minimum atomic E-state index is -4.64. The molecular weight excluding hydrogens is 221 g/mol. The fourth-order valence-corrected chi connectivity index (χ4v) is 1.24. The maximum absolute atomic E-state index is 11.0. The number of likely N-dealkylation sites (tertiary alicyclic amines) is 1. The Morgan fingerprint density at radius 2 is 1.60 bits per heavy atom. The van der Waals surface area contributed by atoms with E-state index in [1.807, 2.05) is 4.90 Å². The van der Waals surface area contributed by atoms with E-state index < -0.39 is 7.82 Å². The number of nitrogens with zero attached hydrogens (tertiary/aromatic N) is 1. The highest BCUT2D eigenvalue weighted by atomic mass is 31.2. The molecule has 1 heterocycles. The Bertz CT molecular complexity index is 247. The zero-order valence-corrected chi connectivity index (χ0v) is 9.27. The van der Waals surface area contributed by atoms with E-state index in [2.05, 4.69) is 6.58 Å². The Kier molecular flexibility index (Phi) is 6.43. The quantitative estimate of drug-likeness (QED) is 0.448. The van der Waals surface area contributed by atoms with Gasteiger partial charge in [-0.3, -0.25) is 4.79 Å². The molecule has 0 saturated carbocycles. The molecule has 0 unspecified atom stereocenters. The number of phosphoric acid groups is 1. The molecule has 3 N–H and O–H groups in total. The number of carbonyl (C=O) groups excluding carboxylic acids is 1. The van der Waals surface area contributed by atoms with Crippen molar-refractivity contribution in [2.75, 3.05) is 13.1 Å². The molecule has 0 aromatic carbocycles. The van der Waals surface area contributed by atoms with E-state index in [9.17, 15) is 4.79 Å². The molecule has 88 valence electrons. The van der Waals surface area contributed by atoms with Crippen molar-refractivity contribution in [1.82, 2.24) is 4.90 Å². The molecule has 1 aliphatic heterocycles. The summed E-state index contributed by atoms with van der Waals surface area (Å²) in [4.78, 5) is 34.4. The van der Waals surface area contributed by atoms with Crippen molar-refractivity contribution in [2.45, 2.75) is 19.3 Å². The molecule has 1 saturated heterocycles. The van der Waals surface area contributed by atoms with Crippen LogP contribution in [-0.4, -0.2) is 38.6 Å².